The van der Waals surface area contributed by atoms with Gasteiger partial charge in [0.05, 0.1) is 6.54 Å². The molecule has 0 aliphatic heterocycles. The van der Waals surface area contributed by atoms with E-state index in [1.165, 1.54) is 0 Å². The molecule has 2 aromatic rings. The number of benzene rings is 2. The molecule has 0 saturated carbocycles. The molecule has 0 bridgehead atoms. The summed E-state index contributed by atoms with van der Waals surface area (Å²) in [6.45, 7) is 1.51. The van der Waals surface area contributed by atoms with E-state index in [9.17, 15) is 14.4 Å². The van der Waals surface area contributed by atoms with Crippen LogP contribution in [0, 0.1) is 6.92 Å². The lowest BCUT2D eigenvalue weighted by molar-refractivity contribution is -0.125. The van der Waals surface area contributed by atoms with Gasteiger partial charge in [0, 0.05) is 5.56 Å². The Kier molecular flexibility index (Phi) is 7.14. The molecule has 26 heavy (non-hydrogen) atoms. The summed E-state index contributed by atoms with van der Waals surface area (Å²) in [5, 5.41) is 0. The molecule has 2 aromatic carbocycles. The number of carbonyl (C=O) groups excluding carboxylic acids is 3. The summed E-state index contributed by atoms with van der Waals surface area (Å²) in [5.74, 6) is -0.808. The number of carbonyl (C=O) groups is 3. The average molecular weight is 356 g/mol. The fraction of sp³-hybridized carbons (Fsp3) is 0.167. The van der Waals surface area contributed by atoms with Crippen molar-refractivity contribution in [3.05, 3.63) is 65.7 Å². The van der Waals surface area contributed by atoms with Gasteiger partial charge in [0.25, 0.3) is 17.7 Å². The second-order valence-corrected chi connectivity index (χ2v) is 5.38. The molecular weight excluding hydrogens is 336 g/mol. The van der Waals surface area contributed by atoms with Crippen LogP contribution in [-0.2, 0) is 9.59 Å². The Hall–Kier alpha value is -3.39. The molecule has 2 rings (SSSR count). The largest absolute Gasteiger partial charge is 0.484 e. The Morgan fingerprint density at radius 1 is 0.885 bits per heavy atom. The first-order valence-electron chi connectivity index (χ1n) is 7.90. The lowest BCUT2D eigenvalue weighted by Crippen LogP contribution is -2.49. The molecule has 0 aliphatic carbocycles. The van der Waals surface area contributed by atoms with Crippen LogP contribution >= 0.6 is 0 Å². The van der Waals surface area contributed by atoms with Gasteiger partial charge >= 0.3 is 0 Å². The van der Waals surface area contributed by atoms with Crippen LogP contribution in [0.5, 0.6) is 5.75 Å². The fourth-order valence-corrected chi connectivity index (χ4v) is 1.95. The molecule has 0 aromatic heterocycles. The van der Waals surface area contributed by atoms with Crippen LogP contribution in [0.1, 0.15) is 15.9 Å². The minimum Gasteiger partial charge on any atom is -0.484 e. The zero-order chi connectivity index (χ0) is 18.8. The maximum Gasteiger partial charge on any atom is 0.271 e. The van der Waals surface area contributed by atoms with Gasteiger partial charge < -0.3 is 4.74 Å². The number of nitrogens with one attached hydrogen (secondary N) is 4. The molecule has 0 unspecified atom stereocenters. The van der Waals surface area contributed by atoms with E-state index in [1.54, 1.807) is 36.4 Å². The third-order valence-corrected chi connectivity index (χ3v) is 3.19. The maximum absolute atomic E-state index is 11.7. The fourth-order valence-electron chi connectivity index (χ4n) is 1.95. The van der Waals surface area contributed by atoms with E-state index in [0.717, 1.165) is 5.56 Å². The zero-order valence-electron chi connectivity index (χ0n) is 14.2. The van der Waals surface area contributed by atoms with Crippen LogP contribution in [0.2, 0.25) is 0 Å². The number of aryl methyl sites for hydroxylation is 1. The van der Waals surface area contributed by atoms with Crippen molar-refractivity contribution in [2.45, 2.75) is 6.92 Å². The maximum atomic E-state index is 11.7. The molecule has 136 valence electrons. The lowest BCUT2D eigenvalue weighted by atomic mass is 10.2. The van der Waals surface area contributed by atoms with Crippen LogP contribution in [-0.4, -0.2) is 30.9 Å². The van der Waals surface area contributed by atoms with Gasteiger partial charge in [0.15, 0.2) is 6.61 Å². The first kappa shape index (κ1) is 18.9. The van der Waals surface area contributed by atoms with Gasteiger partial charge in [0.2, 0.25) is 0 Å². The van der Waals surface area contributed by atoms with E-state index in [1.807, 2.05) is 25.1 Å². The number of hydrogen-bond donors (Lipinski definition) is 4. The smallest absolute Gasteiger partial charge is 0.271 e. The SMILES string of the molecule is Cc1cccc(OCC(=O)NNCC(=O)NNC(=O)c2ccccc2)c1. The summed E-state index contributed by atoms with van der Waals surface area (Å²) < 4.78 is 5.32. The van der Waals surface area contributed by atoms with Crippen LogP contribution in [0.15, 0.2) is 54.6 Å². The van der Waals surface area contributed by atoms with E-state index in [4.69, 9.17) is 4.74 Å². The third kappa shape index (κ3) is 6.62. The van der Waals surface area contributed by atoms with Crippen LogP contribution in [0.25, 0.3) is 0 Å². The minimum absolute atomic E-state index is 0.192. The molecule has 8 nitrogen and oxygen atoms in total. The Labute approximate surface area is 150 Å². The monoisotopic (exact) mass is 356 g/mol. The topological polar surface area (TPSA) is 109 Å². The van der Waals surface area contributed by atoms with Crippen molar-refractivity contribution in [3.8, 4) is 5.75 Å². The van der Waals surface area contributed by atoms with Gasteiger partial charge in [-0.25, -0.2) is 5.43 Å². The molecule has 4 N–H and O–H groups in total. The second-order valence-electron chi connectivity index (χ2n) is 5.38. The van der Waals surface area contributed by atoms with Gasteiger partial charge in [-0.2, -0.15) is 0 Å². The van der Waals surface area contributed by atoms with Crippen molar-refractivity contribution in [2.75, 3.05) is 13.2 Å². The summed E-state index contributed by atoms with van der Waals surface area (Å²) in [7, 11) is 0. The van der Waals surface area contributed by atoms with Crippen molar-refractivity contribution in [1.82, 2.24) is 21.7 Å². The molecule has 0 saturated heterocycles. The Morgan fingerprint density at radius 3 is 2.38 bits per heavy atom. The predicted molar refractivity (Wildman–Crippen MR) is 94.9 cm³/mol. The molecule has 0 atom stereocenters. The van der Waals surface area contributed by atoms with E-state index in [-0.39, 0.29) is 13.2 Å². The molecular formula is C18H20N4O4. The van der Waals surface area contributed by atoms with Crippen molar-refractivity contribution in [3.63, 3.8) is 0 Å². The summed E-state index contributed by atoms with van der Waals surface area (Å²) in [6.07, 6.45) is 0. The van der Waals surface area contributed by atoms with E-state index < -0.39 is 17.7 Å². The van der Waals surface area contributed by atoms with Crippen LogP contribution < -0.4 is 26.4 Å². The zero-order valence-corrected chi connectivity index (χ0v) is 14.2. The van der Waals surface area contributed by atoms with Crippen molar-refractivity contribution >= 4 is 17.7 Å². The minimum atomic E-state index is -0.519. The number of amides is 3. The summed E-state index contributed by atoms with van der Waals surface area (Å²) in [4.78, 5) is 35.0. The van der Waals surface area contributed by atoms with E-state index in [0.29, 0.717) is 11.3 Å². The molecule has 3 amide bonds. The van der Waals surface area contributed by atoms with Gasteiger partial charge in [-0.15, -0.1) is 0 Å². The van der Waals surface area contributed by atoms with Crippen LogP contribution in [0.3, 0.4) is 0 Å². The molecule has 0 spiro atoms. The standard InChI is InChI=1S/C18H20N4O4/c1-13-6-5-9-15(10-13)26-12-17(24)20-19-11-16(23)21-22-18(25)14-7-3-2-4-8-14/h2-10,19H,11-12H2,1H3,(H,20,24)(H,21,23)(H,22,25). The normalized spacial score (nSPS) is 9.88. The molecule has 0 heterocycles. The number of hydrogen-bond acceptors (Lipinski definition) is 5. The highest BCUT2D eigenvalue weighted by molar-refractivity contribution is 5.95. The average Bonchev–Trinajstić information content (AvgIpc) is 2.65. The Balaban J connectivity index is 1.60. The molecule has 0 fully saturated rings. The Bertz CT molecular complexity index is 765. The van der Waals surface area contributed by atoms with Gasteiger partial charge in [-0.1, -0.05) is 30.3 Å². The molecule has 0 aliphatic rings. The lowest BCUT2D eigenvalue weighted by Gasteiger charge is -2.10. The quantitative estimate of drug-likeness (QED) is 0.539. The highest BCUT2D eigenvalue weighted by Crippen LogP contribution is 2.11. The van der Waals surface area contributed by atoms with Gasteiger partial charge in [-0.05, 0) is 36.8 Å². The summed E-state index contributed by atoms with van der Waals surface area (Å²) in [6, 6.07) is 15.8. The Morgan fingerprint density at radius 2 is 1.65 bits per heavy atom. The first-order valence-corrected chi connectivity index (χ1v) is 7.90. The van der Waals surface area contributed by atoms with E-state index >= 15 is 0 Å². The molecule has 8 heteroatoms. The number of ether oxygens (including phenoxy) is 1. The highest BCUT2D eigenvalue weighted by Gasteiger charge is 2.07. The van der Waals surface area contributed by atoms with Gasteiger partial charge in [-0.3, -0.25) is 30.7 Å². The van der Waals surface area contributed by atoms with E-state index in [2.05, 4.69) is 21.7 Å². The van der Waals surface area contributed by atoms with Crippen molar-refractivity contribution in [1.29, 1.82) is 0 Å². The van der Waals surface area contributed by atoms with Crippen molar-refractivity contribution in [2.24, 2.45) is 0 Å². The van der Waals surface area contributed by atoms with Crippen molar-refractivity contribution < 1.29 is 19.1 Å². The van der Waals surface area contributed by atoms with Gasteiger partial charge in [0.1, 0.15) is 5.75 Å². The number of rotatable bonds is 7. The highest BCUT2D eigenvalue weighted by atomic mass is 16.5. The molecule has 0 radical (unpaired) electrons. The van der Waals surface area contributed by atoms with Crippen LogP contribution in [0.4, 0.5) is 0 Å². The number of hydrazine groups is 2. The first-order chi connectivity index (χ1) is 12.5. The summed E-state index contributed by atoms with van der Waals surface area (Å²) >= 11 is 0. The summed E-state index contributed by atoms with van der Waals surface area (Å²) in [5.41, 5.74) is 10.7. The predicted octanol–water partition coefficient (Wildman–Crippen LogP) is 0.456. The second kappa shape index (κ2) is 9.80. The third-order valence-electron chi connectivity index (χ3n) is 3.19.